The highest BCUT2D eigenvalue weighted by Crippen LogP contribution is 2.28. The van der Waals surface area contributed by atoms with Crippen LogP contribution in [-0.4, -0.2) is 37.1 Å². The van der Waals surface area contributed by atoms with E-state index in [1.165, 1.54) is 11.3 Å². The summed E-state index contributed by atoms with van der Waals surface area (Å²) in [4.78, 5) is 0.730. The minimum Gasteiger partial charge on any atom is -0.497 e. The Balaban J connectivity index is 1.83. The van der Waals surface area contributed by atoms with E-state index >= 15 is 0 Å². The van der Waals surface area contributed by atoms with E-state index in [0.29, 0.717) is 5.82 Å². The van der Waals surface area contributed by atoms with Gasteiger partial charge in [0.05, 0.1) is 7.11 Å². The third kappa shape index (κ3) is 2.04. The number of aromatic amines is 1. The highest BCUT2D eigenvalue weighted by molar-refractivity contribution is 7.19. The van der Waals surface area contributed by atoms with Gasteiger partial charge in [0.2, 0.25) is 4.96 Å². The van der Waals surface area contributed by atoms with Crippen LogP contribution in [0.4, 0.5) is 0 Å². The molecule has 0 bridgehead atoms. The van der Waals surface area contributed by atoms with Gasteiger partial charge < -0.3 is 4.74 Å². The van der Waals surface area contributed by atoms with E-state index in [2.05, 4.69) is 25.5 Å². The van der Waals surface area contributed by atoms with Crippen LogP contribution in [-0.2, 0) is 0 Å². The molecule has 110 valence electrons. The largest absolute Gasteiger partial charge is 0.497 e. The van der Waals surface area contributed by atoms with Crippen LogP contribution < -0.4 is 4.74 Å². The van der Waals surface area contributed by atoms with Crippen molar-refractivity contribution in [2.24, 2.45) is 0 Å². The lowest BCUT2D eigenvalue weighted by Crippen LogP contribution is -1.92. The van der Waals surface area contributed by atoms with Crippen LogP contribution in [0.15, 0.2) is 30.3 Å². The minimum absolute atomic E-state index is 0.684. The van der Waals surface area contributed by atoms with Crippen molar-refractivity contribution in [3.63, 3.8) is 0 Å². The van der Waals surface area contributed by atoms with Gasteiger partial charge in [0.15, 0.2) is 10.8 Å². The van der Waals surface area contributed by atoms with E-state index in [1.807, 2.05) is 37.3 Å². The number of H-pyrrole nitrogens is 1. The Bertz CT molecular complexity index is 953. The molecule has 0 aliphatic carbocycles. The van der Waals surface area contributed by atoms with E-state index in [1.54, 1.807) is 11.6 Å². The van der Waals surface area contributed by atoms with E-state index in [-0.39, 0.29) is 0 Å². The fourth-order valence-electron chi connectivity index (χ4n) is 2.19. The molecule has 0 fully saturated rings. The number of rotatable bonds is 3. The average Bonchev–Trinajstić information content (AvgIpc) is 3.21. The number of aromatic nitrogens is 6. The van der Waals surface area contributed by atoms with E-state index in [9.17, 15) is 0 Å². The first kappa shape index (κ1) is 13.0. The zero-order valence-corrected chi connectivity index (χ0v) is 12.8. The SMILES string of the molecule is COc1cccc(-c2nnc3sc(-c4cc(C)[nH]n4)nn23)c1. The lowest BCUT2D eigenvalue weighted by atomic mass is 10.2. The van der Waals surface area contributed by atoms with Crippen molar-refractivity contribution >= 4 is 16.3 Å². The molecule has 0 saturated heterocycles. The molecule has 4 aromatic rings. The Morgan fingerprint density at radius 3 is 2.91 bits per heavy atom. The summed E-state index contributed by atoms with van der Waals surface area (Å²) in [5.41, 5.74) is 2.71. The summed E-state index contributed by atoms with van der Waals surface area (Å²) >= 11 is 1.45. The second kappa shape index (κ2) is 4.92. The quantitative estimate of drug-likeness (QED) is 0.629. The number of ether oxygens (including phenoxy) is 1. The summed E-state index contributed by atoms with van der Waals surface area (Å²) in [5, 5.41) is 20.9. The third-order valence-corrected chi connectivity index (χ3v) is 4.17. The van der Waals surface area contributed by atoms with Crippen LogP contribution >= 0.6 is 11.3 Å². The Kier molecular flexibility index (Phi) is 2.90. The van der Waals surface area contributed by atoms with Crippen molar-refractivity contribution in [1.82, 2.24) is 30.0 Å². The molecule has 3 heterocycles. The molecule has 1 N–H and O–H groups in total. The molecule has 4 rings (SSSR count). The molecule has 0 aliphatic rings. The van der Waals surface area contributed by atoms with Crippen LogP contribution in [0.5, 0.6) is 5.75 Å². The third-order valence-electron chi connectivity index (χ3n) is 3.24. The molecular formula is C14H12N6OS. The summed E-state index contributed by atoms with van der Waals surface area (Å²) in [6.07, 6.45) is 0. The van der Waals surface area contributed by atoms with E-state index in [0.717, 1.165) is 32.7 Å². The second-order valence-corrected chi connectivity index (χ2v) is 5.75. The van der Waals surface area contributed by atoms with Gasteiger partial charge in [0.25, 0.3) is 0 Å². The van der Waals surface area contributed by atoms with Gasteiger partial charge in [-0.15, -0.1) is 10.2 Å². The topological polar surface area (TPSA) is 81.0 Å². The Hall–Kier alpha value is -2.74. The molecular weight excluding hydrogens is 300 g/mol. The number of hydrogen-bond donors (Lipinski definition) is 1. The van der Waals surface area contributed by atoms with Crippen molar-refractivity contribution in [3.05, 3.63) is 36.0 Å². The van der Waals surface area contributed by atoms with Crippen LogP contribution in [0.2, 0.25) is 0 Å². The number of nitrogens with one attached hydrogen (secondary N) is 1. The predicted molar refractivity (Wildman–Crippen MR) is 83.0 cm³/mol. The van der Waals surface area contributed by atoms with Gasteiger partial charge in [-0.2, -0.15) is 14.7 Å². The first-order valence-electron chi connectivity index (χ1n) is 6.63. The summed E-state index contributed by atoms with van der Waals surface area (Å²) in [6.45, 7) is 1.96. The number of aryl methyl sites for hydroxylation is 1. The van der Waals surface area contributed by atoms with Gasteiger partial charge in [-0.25, -0.2) is 0 Å². The van der Waals surface area contributed by atoms with E-state index in [4.69, 9.17) is 4.74 Å². The number of methoxy groups -OCH3 is 1. The van der Waals surface area contributed by atoms with Crippen LogP contribution in [0, 0.1) is 6.92 Å². The normalized spacial score (nSPS) is 11.2. The Morgan fingerprint density at radius 1 is 1.23 bits per heavy atom. The molecule has 3 aromatic heterocycles. The van der Waals surface area contributed by atoms with Crippen molar-refractivity contribution in [2.45, 2.75) is 6.92 Å². The lowest BCUT2D eigenvalue weighted by Gasteiger charge is -2.01. The maximum atomic E-state index is 5.25. The molecule has 8 heteroatoms. The summed E-state index contributed by atoms with van der Waals surface area (Å²) in [6, 6.07) is 9.63. The molecule has 1 aromatic carbocycles. The van der Waals surface area contributed by atoms with Gasteiger partial charge in [-0.1, -0.05) is 23.5 Å². The molecule has 0 spiro atoms. The summed E-state index contributed by atoms with van der Waals surface area (Å²) in [5.74, 6) is 1.45. The molecule has 22 heavy (non-hydrogen) atoms. The van der Waals surface area contributed by atoms with Gasteiger partial charge >= 0.3 is 0 Å². The standard InChI is InChI=1S/C14H12N6OS/c1-8-6-11(16-15-8)13-19-20-12(17-18-14(20)22-13)9-4-3-5-10(7-9)21-2/h3-7H,1-2H3,(H,15,16). The number of nitrogens with zero attached hydrogens (tertiary/aromatic N) is 5. The van der Waals surface area contributed by atoms with Gasteiger partial charge in [-0.3, -0.25) is 5.10 Å². The zero-order chi connectivity index (χ0) is 15.1. The molecule has 0 atom stereocenters. The molecule has 7 nitrogen and oxygen atoms in total. The minimum atomic E-state index is 0.684. The first-order chi connectivity index (χ1) is 10.7. The van der Waals surface area contributed by atoms with Crippen molar-refractivity contribution < 1.29 is 4.74 Å². The smallest absolute Gasteiger partial charge is 0.235 e. The van der Waals surface area contributed by atoms with Gasteiger partial charge in [-0.05, 0) is 25.1 Å². The van der Waals surface area contributed by atoms with Gasteiger partial charge in [0.1, 0.15) is 11.4 Å². The van der Waals surface area contributed by atoms with Crippen molar-refractivity contribution in [1.29, 1.82) is 0 Å². The maximum absolute atomic E-state index is 5.25. The highest BCUT2D eigenvalue weighted by Gasteiger charge is 2.16. The van der Waals surface area contributed by atoms with Crippen molar-refractivity contribution in [2.75, 3.05) is 7.11 Å². The van der Waals surface area contributed by atoms with Crippen LogP contribution in [0.25, 0.3) is 27.1 Å². The highest BCUT2D eigenvalue weighted by atomic mass is 32.1. The van der Waals surface area contributed by atoms with Gasteiger partial charge in [0, 0.05) is 11.3 Å². The van der Waals surface area contributed by atoms with Crippen molar-refractivity contribution in [3.8, 4) is 27.8 Å². The Morgan fingerprint density at radius 2 is 2.14 bits per heavy atom. The zero-order valence-electron chi connectivity index (χ0n) is 11.9. The summed E-state index contributed by atoms with van der Waals surface area (Å²) in [7, 11) is 1.64. The average molecular weight is 312 g/mol. The van der Waals surface area contributed by atoms with Crippen LogP contribution in [0.1, 0.15) is 5.69 Å². The fraction of sp³-hybridized carbons (Fsp3) is 0.143. The van der Waals surface area contributed by atoms with Crippen LogP contribution in [0.3, 0.4) is 0 Å². The summed E-state index contributed by atoms with van der Waals surface area (Å²) < 4.78 is 6.99. The number of hydrogen-bond acceptors (Lipinski definition) is 6. The Labute approximate surface area is 129 Å². The maximum Gasteiger partial charge on any atom is 0.235 e. The predicted octanol–water partition coefficient (Wildman–Crippen LogP) is 2.56. The molecule has 0 radical (unpaired) electrons. The molecule has 0 amide bonds. The molecule has 0 aliphatic heterocycles. The second-order valence-electron chi connectivity index (χ2n) is 4.79. The number of fused-ring (bicyclic) bond motifs is 1. The monoisotopic (exact) mass is 312 g/mol. The molecule has 0 saturated carbocycles. The molecule has 0 unspecified atom stereocenters. The van der Waals surface area contributed by atoms with E-state index < -0.39 is 0 Å². The fourth-order valence-corrected chi connectivity index (χ4v) is 2.99. The number of benzene rings is 1. The lowest BCUT2D eigenvalue weighted by molar-refractivity contribution is 0.415. The first-order valence-corrected chi connectivity index (χ1v) is 7.45.